The number of nitrogens with zero attached hydrogens (tertiary/aromatic N) is 2. The minimum atomic E-state index is -0.671. The standard InChI is InChI=1S/C32H33N3O6/c1-40-27-13-9-23(10-14-27)29(36)21-41-32(39)24-7-11-26(12-8-24)35-30(37)19-28(31(35)38)33-25-15-17-34(18-16-25)20-22-5-3-2-4-6-22/h2-14,25,28,33H,15-21H2,1H3. The molecule has 0 spiro atoms. The van der Waals surface area contributed by atoms with E-state index in [0.29, 0.717) is 17.0 Å². The lowest BCUT2D eigenvalue weighted by atomic mass is 10.0. The van der Waals surface area contributed by atoms with Crippen LogP contribution in [0.4, 0.5) is 5.69 Å². The summed E-state index contributed by atoms with van der Waals surface area (Å²) in [7, 11) is 1.53. The Hall–Kier alpha value is -4.34. The molecule has 0 aliphatic carbocycles. The van der Waals surface area contributed by atoms with Gasteiger partial charge in [0.25, 0.3) is 5.91 Å². The van der Waals surface area contributed by atoms with Crippen LogP contribution in [0.1, 0.15) is 45.5 Å². The highest BCUT2D eigenvalue weighted by atomic mass is 16.5. The molecule has 2 amide bonds. The van der Waals surface area contributed by atoms with E-state index in [4.69, 9.17) is 9.47 Å². The van der Waals surface area contributed by atoms with E-state index < -0.39 is 18.6 Å². The highest BCUT2D eigenvalue weighted by Crippen LogP contribution is 2.25. The number of imide groups is 1. The van der Waals surface area contributed by atoms with Crippen LogP contribution in [0.25, 0.3) is 0 Å². The summed E-state index contributed by atoms with van der Waals surface area (Å²) in [4.78, 5) is 54.3. The number of amides is 2. The number of ketones is 1. The van der Waals surface area contributed by atoms with Crippen molar-refractivity contribution in [2.45, 2.75) is 37.9 Å². The number of ether oxygens (including phenoxy) is 2. The molecular weight excluding hydrogens is 522 g/mol. The van der Waals surface area contributed by atoms with Gasteiger partial charge in [-0.1, -0.05) is 30.3 Å². The van der Waals surface area contributed by atoms with Crippen molar-refractivity contribution in [3.63, 3.8) is 0 Å². The smallest absolute Gasteiger partial charge is 0.338 e. The topological polar surface area (TPSA) is 105 Å². The summed E-state index contributed by atoms with van der Waals surface area (Å²) in [6.45, 7) is 2.35. The third kappa shape index (κ3) is 6.87. The molecule has 2 saturated heterocycles. The van der Waals surface area contributed by atoms with Crippen molar-refractivity contribution >= 4 is 29.3 Å². The highest BCUT2D eigenvalue weighted by molar-refractivity contribution is 6.22. The van der Waals surface area contributed by atoms with Gasteiger partial charge in [-0.2, -0.15) is 0 Å². The van der Waals surface area contributed by atoms with Crippen molar-refractivity contribution in [2.24, 2.45) is 0 Å². The lowest BCUT2D eigenvalue weighted by Gasteiger charge is -2.33. The molecule has 1 N–H and O–H groups in total. The number of anilines is 1. The van der Waals surface area contributed by atoms with Crippen LogP contribution >= 0.6 is 0 Å². The molecule has 5 rings (SSSR count). The lowest BCUT2D eigenvalue weighted by Crippen LogP contribution is -2.48. The fraction of sp³-hybridized carbons (Fsp3) is 0.312. The molecule has 2 heterocycles. The number of benzene rings is 3. The fourth-order valence-electron chi connectivity index (χ4n) is 5.24. The van der Waals surface area contributed by atoms with E-state index in [9.17, 15) is 19.2 Å². The lowest BCUT2D eigenvalue weighted by molar-refractivity contribution is -0.121. The number of hydrogen-bond acceptors (Lipinski definition) is 8. The summed E-state index contributed by atoms with van der Waals surface area (Å²) in [5.74, 6) is -0.964. The first-order chi connectivity index (χ1) is 19.9. The van der Waals surface area contributed by atoms with Crippen LogP contribution in [0.2, 0.25) is 0 Å². The predicted molar refractivity (Wildman–Crippen MR) is 153 cm³/mol. The average Bonchev–Trinajstić information content (AvgIpc) is 3.29. The first-order valence-corrected chi connectivity index (χ1v) is 13.7. The molecule has 1 unspecified atom stereocenters. The van der Waals surface area contributed by atoms with Crippen LogP contribution in [0.3, 0.4) is 0 Å². The van der Waals surface area contributed by atoms with E-state index in [1.807, 2.05) is 18.2 Å². The Bertz CT molecular complexity index is 1380. The van der Waals surface area contributed by atoms with Gasteiger partial charge in [-0.3, -0.25) is 19.3 Å². The molecule has 3 aromatic carbocycles. The van der Waals surface area contributed by atoms with Crippen LogP contribution in [-0.2, 0) is 20.9 Å². The first kappa shape index (κ1) is 28.2. The van der Waals surface area contributed by atoms with Crippen LogP contribution in [0.5, 0.6) is 5.75 Å². The van der Waals surface area contributed by atoms with E-state index in [2.05, 4.69) is 22.3 Å². The highest BCUT2D eigenvalue weighted by Gasteiger charge is 2.40. The minimum absolute atomic E-state index is 0.0975. The van der Waals surface area contributed by atoms with E-state index in [-0.39, 0.29) is 35.6 Å². The minimum Gasteiger partial charge on any atom is -0.497 e. The van der Waals surface area contributed by atoms with Gasteiger partial charge in [0.1, 0.15) is 5.75 Å². The number of methoxy groups -OCH3 is 1. The Morgan fingerprint density at radius 3 is 2.20 bits per heavy atom. The number of hydrogen-bond donors (Lipinski definition) is 1. The molecule has 0 saturated carbocycles. The van der Waals surface area contributed by atoms with E-state index in [1.54, 1.807) is 36.4 Å². The first-order valence-electron chi connectivity index (χ1n) is 13.7. The van der Waals surface area contributed by atoms with Gasteiger partial charge in [0.2, 0.25) is 5.91 Å². The number of esters is 1. The molecule has 212 valence electrons. The maximum atomic E-state index is 13.2. The van der Waals surface area contributed by atoms with Gasteiger partial charge in [0.15, 0.2) is 12.4 Å². The number of Topliss-reactive ketones (excluding diaryl/α,β-unsaturated/α-hetero) is 1. The molecule has 9 heteroatoms. The number of carbonyl (C=O) groups is 4. The van der Waals surface area contributed by atoms with Gasteiger partial charge in [-0.05, 0) is 80.0 Å². The summed E-state index contributed by atoms with van der Waals surface area (Å²) in [5.41, 5.74) is 2.30. The molecule has 2 fully saturated rings. The van der Waals surface area contributed by atoms with Gasteiger partial charge in [-0.15, -0.1) is 0 Å². The SMILES string of the molecule is COc1ccc(C(=O)COC(=O)c2ccc(N3C(=O)CC(NC4CCN(Cc5ccccc5)CC4)C3=O)cc2)cc1. The molecule has 3 aromatic rings. The molecule has 9 nitrogen and oxygen atoms in total. The van der Waals surface area contributed by atoms with Crippen LogP contribution < -0.4 is 15.0 Å². The number of nitrogens with one attached hydrogen (secondary N) is 1. The second kappa shape index (κ2) is 12.9. The number of carbonyl (C=O) groups excluding carboxylic acids is 4. The van der Waals surface area contributed by atoms with Gasteiger partial charge in [-0.25, -0.2) is 9.69 Å². The van der Waals surface area contributed by atoms with Crippen molar-refractivity contribution in [3.8, 4) is 5.75 Å². The van der Waals surface area contributed by atoms with Gasteiger partial charge in [0, 0.05) is 18.2 Å². The van der Waals surface area contributed by atoms with Crippen LogP contribution in [-0.4, -0.2) is 67.4 Å². The maximum Gasteiger partial charge on any atom is 0.338 e. The van der Waals surface area contributed by atoms with Crippen LogP contribution in [0.15, 0.2) is 78.9 Å². The van der Waals surface area contributed by atoms with Crippen molar-refractivity contribution < 1.29 is 28.7 Å². The predicted octanol–water partition coefficient (Wildman–Crippen LogP) is 3.62. The summed E-state index contributed by atoms with van der Waals surface area (Å²) in [6.07, 6.45) is 1.91. The van der Waals surface area contributed by atoms with Gasteiger partial charge >= 0.3 is 5.97 Å². The van der Waals surface area contributed by atoms with Crippen molar-refractivity contribution in [1.29, 1.82) is 0 Å². The van der Waals surface area contributed by atoms with Gasteiger partial charge < -0.3 is 14.8 Å². The zero-order valence-corrected chi connectivity index (χ0v) is 23.0. The molecule has 41 heavy (non-hydrogen) atoms. The van der Waals surface area contributed by atoms with E-state index >= 15 is 0 Å². The van der Waals surface area contributed by atoms with Crippen molar-refractivity contribution in [3.05, 3.63) is 95.6 Å². The molecule has 0 aromatic heterocycles. The summed E-state index contributed by atoms with van der Waals surface area (Å²) < 4.78 is 10.2. The molecule has 1 atom stereocenters. The van der Waals surface area contributed by atoms with E-state index in [1.165, 1.54) is 29.7 Å². The fourth-order valence-corrected chi connectivity index (χ4v) is 5.24. The second-order valence-electron chi connectivity index (χ2n) is 10.3. The van der Waals surface area contributed by atoms with Crippen molar-refractivity contribution in [1.82, 2.24) is 10.2 Å². The molecule has 2 aliphatic rings. The normalized spacial score (nSPS) is 18.0. The average molecular weight is 556 g/mol. The molecule has 2 aliphatic heterocycles. The summed E-state index contributed by atoms with van der Waals surface area (Å²) >= 11 is 0. The third-order valence-corrected chi connectivity index (χ3v) is 7.53. The largest absolute Gasteiger partial charge is 0.497 e. The summed E-state index contributed by atoms with van der Waals surface area (Å²) in [6, 6.07) is 22.5. The monoisotopic (exact) mass is 555 g/mol. The number of piperidine rings is 1. The Morgan fingerprint density at radius 1 is 0.878 bits per heavy atom. The third-order valence-electron chi connectivity index (χ3n) is 7.53. The maximum absolute atomic E-state index is 13.2. The number of likely N-dealkylation sites (tertiary alicyclic amines) is 1. The quantitative estimate of drug-likeness (QED) is 0.230. The Kier molecular flexibility index (Phi) is 8.86. The molecule has 0 radical (unpaired) electrons. The summed E-state index contributed by atoms with van der Waals surface area (Å²) in [5, 5.41) is 3.41. The second-order valence-corrected chi connectivity index (χ2v) is 10.3. The molecular formula is C32H33N3O6. The molecule has 0 bridgehead atoms. The van der Waals surface area contributed by atoms with Crippen molar-refractivity contribution in [2.75, 3.05) is 31.7 Å². The Balaban J connectivity index is 1.11. The Morgan fingerprint density at radius 2 is 1.54 bits per heavy atom. The van der Waals surface area contributed by atoms with E-state index in [0.717, 1.165) is 32.5 Å². The van der Waals surface area contributed by atoms with Gasteiger partial charge in [0.05, 0.1) is 30.8 Å². The Labute approximate surface area is 239 Å². The number of rotatable bonds is 10. The zero-order chi connectivity index (χ0) is 28.8. The zero-order valence-electron chi connectivity index (χ0n) is 23.0. The van der Waals surface area contributed by atoms with Crippen LogP contribution in [0, 0.1) is 0 Å².